The zero-order chi connectivity index (χ0) is 22.1. The molecule has 1 aliphatic heterocycles. The highest BCUT2D eigenvalue weighted by Crippen LogP contribution is 2.39. The minimum atomic E-state index is -0.344. The highest BCUT2D eigenvalue weighted by atomic mass is 35.5. The Morgan fingerprint density at radius 2 is 1.74 bits per heavy atom. The molecule has 0 radical (unpaired) electrons. The molecule has 2 N–H and O–H groups in total. The molecule has 1 aliphatic carbocycles. The van der Waals surface area contributed by atoms with Gasteiger partial charge in [-0.15, -0.1) is 0 Å². The zero-order valence-corrected chi connectivity index (χ0v) is 18.4. The number of rotatable bonds is 5. The first-order valence-electron chi connectivity index (χ1n) is 10.7. The molecule has 2 unspecified atom stereocenters. The van der Waals surface area contributed by atoms with E-state index in [0.29, 0.717) is 18.1 Å². The van der Waals surface area contributed by atoms with E-state index in [1.807, 2.05) is 29.2 Å². The van der Waals surface area contributed by atoms with Crippen LogP contribution in [0.5, 0.6) is 0 Å². The second-order valence-corrected chi connectivity index (χ2v) is 9.36. The zero-order valence-electron chi connectivity index (χ0n) is 17.7. The van der Waals surface area contributed by atoms with Crippen LogP contribution in [0.15, 0.2) is 41.2 Å². The molecule has 2 aliphatic rings. The molecule has 0 spiro atoms. The summed E-state index contributed by atoms with van der Waals surface area (Å²) in [4.78, 5) is 39.2. The fourth-order valence-electron chi connectivity index (χ4n) is 5.01. The molecule has 2 bridgehead atoms. The van der Waals surface area contributed by atoms with E-state index in [9.17, 15) is 14.4 Å². The topological polar surface area (TPSA) is 95.2 Å². The maximum absolute atomic E-state index is 13.5. The molecular weight excluding hydrogens is 416 g/mol. The third-order valence-electron chi connectivity index (χ3n) is 6.52. The molecule has 1 aromatic carbocycles. The van der Waals surface area contributed by atoms with Crippen LogP contribution >= 0.6 is 11.6 Å². The van der Waals surface area contributed by atoms with Crippen molar-refractivity contribution in [3.8, 4) is 0 Å². The largest absolute Gasteiger partial charge is 0.347 e. The van der Waals surface area contributed by atoms with Crippen LogP contribution in [0.2, 0.25) is 5.02 Å². The molecular formula is C23H27ClN4O3. The lowest BCUT2D eigenvalue weighted by atomic mass is 9.85. The molecule has 2 aromatic rings. The standard InChI is InChI=1S/C23H27ClN4O3/c1-13(2)20(14-5-7-17(24)8-6-14)23(31)28-11-15-3-4-16(12-28)21(15)25-22(30)18-9-10-19(29)27-26-18/h5-10,13,15-16,20-21H,3-4,11-12H2,1-2H3,(H,25,30)(H,27,29)/t15-,16+,20?,21?. The summed E-state index contributed by atoms with van der Waals surface area (Å²) in [7, 11) is 0. The molecule has 2 heterocycles. The van der Waals surface area contributed by atoms with Crippen molar-refractivity contribution in [3.63, 3.8) is 0 Å². The number of nitrogens with one attached hydrogen (secondary N) is 2. The van der Waals surface area contributed by atoms with E-state index in [1.165, 1.54) is 12.1 Å². The normalized spacial score (nSPS) is 23.6. The number of amides is 2. The maximum atomic E-state index is 13.5. The minimum absolute atomic E-state index is 0.0123. The first-order valence-corrected chi connectivity index (χ1v) is 11.1. The van der Waals surface area contributed by atoms with Gasteiger partial charge in [0, 0.05) is 30.2 Å². The van der Waals surface area contributed by atoms with Crippen LogP contribution in [0.1, 0.15) is 48.7 Å². The van der Waals surface area contributed by atoms with Gasteiger partial charge in [0.05, 0.1) is 5.92 Å². The quantitative estimate of drug-likeness (QED) is 0.744. The number of halogens is 1. The van der Waals surface area contributed by atoms with Gasteiger partial charge in [0.25, 0.3) is 11.5 Å². The Labute approximate surface area is 186 Å². The lowest BCUT2D eigenvalue weighted by molar-refractivity contribution is -0.136. The van der Waals surface area contributed by atoms with Gasteiger partial charge in [-0.05, 0) is 54.4 Å². The number of aromatic amines is 1. The highest BCUT2D eigenvalue weighted by molar-refractivity contribution is 6.30. The average molecular weight is 443 g/mol. The van der Waals surface area contributed by atoms with E-state index in [4.69, 9.17) is 11.6 Å². The summed E-state index contributed by atoms with van der Waals surface area (Å²) in [5.41, 5.74) is 0.834. The van der Waals surface area contributed by atoms with E-state index < -0.39 is 0 Å². The van der Waals surface area contributed by atoms with Gasteiger partial charge in [0.2, 0.25) is 5.91 Å². The molecule has 2 amide bonds. The van der Waals surface area contributed by atoms with E-state index in [0.717, 1.165) is 18.4 Å². The fraction of sp³-hybridized carbons (Fsp3) is 0.478. The van der Waals surface area contributed by atoms with E-state index >= 15 is 0 Å². The number of fused-ring (bicyclic) bond motifs is 2. The van der Waals surface area contributed by atoms with Crippen LogP contribution in [0.4, 0.5) is 0 Å². The average Bonchev–Trinajstić information content (AvgIpc) is 2.96. The Kier molecular flexibility index (Phi) is 6.14. The predicted molar refractivity (Wildman–Crippen MR) is 118 cm³/mol. The SMILES string of the molecule is CC(C)C(C(=O)N1C[C@H]2CC[C@@H](C1)C2NC(=O)c1ccc(=O)[nH]n1)c1ccc(Cl)cc1. The number of piperidine rings is 1. The van der Waals surface area contributed by atoms with Gasteiger partial charge < -0.3 is 10.2 Å². The molecule has 164 valence electrons. The summed E-state index contributed by atoms with van der Waals surface area (Å²) in [5, 5.41) is 9.86. The van der Waals surface area contributed by atoms with E-state index in [2.05, 4.69) is 29.4 Å². The maximum Gasteiger partial charge on any atom is 0.271 e. The van der Waals surface area contributed by atoms with Gasteiger partial charge in [0.15, 0.2) is 0 Å². The van der Waals surface area contributed by atoms with Crippen LogP contribution in [0.25, 0.3) is 0 Å². The van der Waals surface area contributed by atoms with Crippen LogP contribution in [0.3, 0.4) is 0 Å². The van der Waals surface area contributed by atoms with Crippen molar-refractivity contribution >= 4 is 23.4 Å². The lowest BCUT2D eigenvalue weighted by Crippen LogP contribution is -2.55. The van der Waals surface area contributed by atoms with Gasteiger partial charge in [-0.25, -0.2) is 5.10 Å². The third kappa shape index (κ3) is 4.51. The number of nitrogens with zero attached hydrogens (tertiary/aromatic N) is 2. The molecule has 4 rings (SSSR count). The van der Waals surface area contributed by atoms with Crippen molar-refractivity contribution in [1.29, 1.82) is 0 Å². The van der Waals surface area contributed by atoms with Crippen LogP contribution < -0.4 is 10.9 Å². The smallest absolute Gasteiger partial charge is 0.271 e. The summed E-state index contributed by atoms with van der Waals surface area (Å²) in [6.45, 7) is 5.40. The number of likely N-dealkylation sites (tertiary alicyclic amines) is 1. The Bertz CT molecular complexity index is 986. The summed E-state index contributed by atoms with van der Waals surface area (Å²) in [6, 6.07) is 10.3. The first-order chi connectivity index (χ1) is 14.8. The minimum Gasteiger partial charge on any atom is -0.347 e. The summed E-state index contributed by atoms with van der Waals surface area (Å²) < 4.78 is 0. The highest BCUT2D eigenvalue weighted by Gasteiger charge is 2.45. The lowest BCUT2D eigenvalue weighted by Gasteiger charge is -2.40. The number of aromatic nitrogens is 2. The molecule has 7 nitrogen and oxygen atoms in total. The van der Waals surface area contributed by atoms with Crippen LogP contribution in [-0.4, -0.2) is 46.0 Å². The third-order valence-corrected chi connectivity index (χ3v) is 6.77. The van der Waals surface area contributed by atoms with Crippen LogP contribution in [-0.2, 0) is 4.79 Å². The van der Waals surface area contributed by atoms with Crippen molar-refractivity contribution in [2.75, 3.05) is 13.1 Å². The van der Waals surface area contributed by atoms with E-state index in [1.54, 1.807) is 0 Å². The van der Waals surface area contributed by atoms with Crippen molar-refractivity contribution in [2.24, 2.45) is 17.8 Å². The van der Waals surface area contributed by atoms with Gasteiger partial charge >= 0.3 is 0 Å². The van der Waals surface area contributed by atoms with Crippen molar-refractivity contribution < 1.29 is 9.59 Å². The predicted octanol–water partition coefficient (Wildman–Crippen LogP) is 2.83. The Balaban J connectivity index is 1.46. The van der Waals surface area contributed by atoms with Gasteiger partial charge in [-0.2, -0.15) is 5.10 Å². The molecule has 2 fully saturated rings. The van der Waals surface area contributed by atoms with Crippen molar-refractivity contribution in [2.45, 2.75) is 38.6 Å². The number of carbonyl (C=O) groups excluding carboxylic acids is 2. The summed E-state index contributed by atoms with van der Waals surface area (Å²) >= 11 is 6.03. The van der Waals surface area contributed by atoms with Crippen molar-refractivity contribution in [3.05, 3.63) is 63.0 Å². The Hall–Kier alpha value is -2.67. The monoisotopic (exact) mass is 442 g/mol. The molecule has 1 saturated heterocycles. The number of H-pyrrole nitrogens is 1. The second-order valence-electron chi connectivity index (χ2n) is 8.92. The summed E-state index contributed by atoms with van der Waals surface area (Å²) in [6.07, 6.45) is 1.96. The van der Waals surface area contributed by atoms with Crippen LogP contribution in [0, 0.1) is 17.8 Å². The second kappa shape index (κ2) is 8.83. The molecule has 1 saturated carbocycles. The molecule has 8 heteroatoms. The van der Waals surface area contributed by atoms with Gasteiger partial charge in [-0.3, -0.25) is 14.4 Å². The van der Waals surface area contributed by atoms with E-state index in [-0.39, 0.29) is 52.8 Å². The fourth-order valence-corrected chi connectivity index (χ4v) is 5.14. The number of carbonyl (C=O) groups is 2. The first kappa shape index (κ1) is 21.6. The molecule has 31 heavy (non-hydrogen) atoms. The van der Waals surface area contributed by atoms with Gasteiger partial charge in [-0.1, -0.05) is 37.6 Å². The number of hydrogen-bond donors (Lipinski definition) is 2. The summed E-state index contributed by atoms with van der Waals surface area (Å²) in [5.74, 6) is 0.226. The number of hydrogen-bond acceptors (Lipinski definition) is 4. The van der Waals surface area contributed by atoms with Gasteiger partial charge in [0.1, 0.15) is 5.69 Å². The Morgan fingerprint density at radius 3 is 2.29 bits per heavy atom. The Morgan fingerprint density at radius 1 is 1.10 bits per heavy atom. The molecule has 4 atom stereocenters. The number of benzene rings is 1. The van der Waals surface area contributed by atoms with Crippen molar-refractivity contribution in [1.82, 2.24) is 20.4 Å². The molecule has 1 aromatic heterocycles.